The van der Waals surface area contributed by atoms with Gasteiger partial charge in [0.2, 0.25) is 0 Å². The number of ether oxygens (including phenoxy) is 1. The van der Waals surface area contributed by atoms with Crippen molar-refractivity contribution in [2.75, 3.05) is 13.2 Å². The van der Waals surface area contributed by atoms with E-state index in [-0.39, 0.29) is 38.0 Å². The van der Waals surface area contributed by atoms with E-state index in [2.05, 4.69) is 0 Å². The van der Waals surface area contributed by atoms with Gasteiger partial charge in [-0.15, -0.1) is 0 Å². The van der Waals surface area contributed by atoms with Crippen LogP contribution in [0.3, 0.4) is 0 Å². The molecule has 62 valence electrons. The molecule has 0 unspecified atom stereocenters. The second-order valence-electron chi connectivity index (χ2n) is 1.57. The first-order chi connectivity index (χ1) is 4.23. The zero-order chi connectivity index (χ0) is 7.11. The van der Waals surface area contributed by atoms with Gasteiger partial charge in [-0.1, -0.05) is 8.41 Å². The minimum absolute atomic E-state index is 0. The summed E-state index contributed by atoms with van der Waals surface area (Å²) in [6, 6.07) is 0. The second-order valence-corrected chi connectivity index (χ2v) is 1.57. The van der Waals surface area contributed by atoms with E-state index in [0.717, 1.165) is 13.2 Å². The molecule has 0 bridgehead atoms. The first-order valence-electron chi connectivity index (χ1n) is 2.73. The summed E-state index contributed by atoms with van der Waals surface area (Å²) >= 11 is 0. The van der Waals surface area contributed by atoms with Gasteiger partial charge in [0, 0.05) is 13.2 Å². The van der Waals surface area contributed by atoms with Crippen LogP contribution in [0.1, 0.15) is 12.8 Å². The number of hydrogen-bond donors (Lipinski definition) is 0. The summed E-state index contributed by atoms with van der Waals surface area (Å²) in [6.07, 6.45) is 2.56. The molecule has 0 saturated carbocycles. The Hall–Kier alpha value is 0.880. The molecule has 0 aromatic rings. The summed E-state index contributed by atoms with van der Waals surface area (Å²) in [5, 5.41) is 0. The Balaban J connectivity index is -0.000000101. The topological polar surface area (TPSA) is 9.23 Å². The van der Waals surface area contributed by atoms with Crippen LogP contribution in [0.4, 0.5) is 12.9 Å². The summed E-state index contributed by atoms with van der Waals surface area (Å²) in [5.74, 6) is 0. The molecule has 0 N–H and O–H groups in total. The Morgan fingerprint density at radius 1 is 1.00 bits per heavy atom. The summed E-state index contributed by atoms with van der Waals surface area (Å²) in [6.45, 7) is 2.00. The molecule has 0 radical (unpaired) electrons. The van der Waals surface area contributed by atoms with Gasteiger partial charge in [-0.05, 0) is 12.8 Å². The number of rotatable bonds is 0. The van der Waals surface area contributed by atoms with Gasteiger partial charge < -0.3 is 4.74 Å². The maximum absolute atomic E-state index is 9.67. The van der Waals surface area contributed by atoms with Crippen molar-refractivity contribution in [2.45, 2.75) is 12.8 Å². The standard InChI is InChI=1S/C4H8O.BF3.BH4.Na/c1-2-4-5-3-1;2-1(3)4;;/h1-4H2;;1H4;/q;;-1;+1. The zero-order valence-corrected chi connectivity index (χ0v) is 7.95. The summed E-state index contributed by atoms with van der Waals surface area (Å²) in [5.41, 5.74) is 0. The minimum Gasteiger partial charge on any atom is -0.381 e. The van der Waals surface area contributed by atoms with Crippen molar-refractivity contribution in [3.63, 3.8) is 0 Å². The van der Waals surface area contributed by atoms with Crippen LogP contribution in [0.5, 0.6) is 0 Å². The summed E-state index contributed by atoms with van der Waals surface area (Å²) < 4.78 is 33.9. The van der Waals surface area contributed by atoms with Gasteiger partial charge in [-0.3, -0.25) is 12.9 Å². The summed E-state index contributed by atoms with van der Waals surface area (Å²) in [7, 11) is -3.67. The quantitative estimate of drug-likeness (QED) is 0.364. The smallest absolute Gasteiger partial charge is 0.381 e. The minimum atomic E-state index is -3.67. The van der Waals surface area contributed by atoms with E-state index >= 15 is 0 Å². The molecule has 0 atom stereocenters. The predicted molar refractivity (Wildman–Crippen MR) is 40.5 cm³/mol. The van der Waals surface area contributed by atoms with Gasteiger partial charge in [0.1, 0.15) is 0 Å². The molecular weight excluding hydrogens is 166 g/mol. The van der Waals surface area contributed by atoms with E-state index in [4.69, 9.17) is 4.74 Å². The third-order valence-electron chi connectivity index (χ3n) is 0.827. The van der Waals surface area contributed by atoms with E-state index in [9.17, 15) is 12.9 Å². The third-order valence-corrected chi connectivity index (χ3v) is 0.827. The fourth-order valence-corrected chi connectivity index (χ4v) is 0.510. The monoisotopic (exact) mass is 178 g/mol. The zero-order valence-electron chi connectivity index (χ0n) is 5.95. The molecule has 0 aliphatic carbocycles. The average Bonchev–Trinajstić information content (AvgIpc) is 2.11. The van der Waals surface area contributed by atoms with E-state index in [1.54, 1.807) is 0 Å². The van der Waals surface area contributed by atoms with Crippen molar-refractivity contribution in [2.24, 2.45) is 0 Å². The predicted octanol–water partition coefficient (Wildman–Crippen LogP) is -2.77. The van der Waals surface area contributed by atoms with Crippen molar-refractivity contribution in [1.29, 1.82) is 0 Å². The Morgan fingerprint density at radius 2 is 1.27 bits per heavy atom. The summed E-state index contributed by atoms with van der Waals surface area (Å²) in [4.78, 5) is 0. The van der Waals surface area contributed by atoms with E-state index < -0.39 is 7.54 Å². The maximum atomic E-state index is 9.67. The van der Waals surface area contributed by atoms with E-state index in [1.165, 1.54) is 12.8 Å². The Kier molecular flexibility index (Phi) is 21.8. The molecule has 1 rings (SSSR count). The molecule has 0 aromatic heterocycles. The fraction of sp³-hybridized carbons (Fsp3) is 1.00. The largest absolute Gasteiger partial charge is 1.00 e. The molecule has 1 aliphatic heterocycles. The Morgan fingerprint density at radius 3 is 1.36 bits per heavy atom. The van der Waals surface area contributed by atoms with E-state index in [0.29, 0.717) is 0 Å². The van der Waals surface area contributed by atoms with Crippen molar-refractivity contribution in [3.05, 3.63) is 0 Å². The molecule has 1 heterocycles. The molecule has 0 amide bonds. The van der Waals surface area contributed by atoms with Crippen molar-refractivity contribution >= 4 is 16.0 Å². The Labute approximate surface area is 89.2 Å². The van der Waals surface area contributed by atoms with Crippen molar-refractivity contribution < 1.29 is 47.2 Å². The maximum Gasteiger partial charge on any atom is 1.00 e. The average molecular weight is 178 g/mol. The van der Waals surface area contributed by atoms with Crippen LogP contribution >= 0.6 is 0 Å². The molecule has 0 aromatic carbocycles. The molecule has 11 heavy (non-hydrogen) atoms. The Bertz CT molecular complexity index is 54.9. The number of hydrogen-bond acceptors (Lipinski definition) is 1. The van der Waals surface area contributed by atoms with Crippen LogP contribution in [-0.2, 0) is 4.74 Å². The van der Waals surface area contributed by atoms with Gasteiger partial charge in [-0.25, -0.2) is 0 Å². The van der Waals surface area contributed by atoms with Gasteiger partial charge >= 0.3 is 37.1 Å². The number of halogens is 3. The third kappa shape index (κ3) is 24.8. The molecule has 1 aliphatic rings. The van der Waals surface area contributed by atoms with E-state index in [1.807, 2.05) is 0 Å². The fourth-order valence-electron chi connectivity index (χ4n) is 0.510. The molecule has 1 fully saturated rings. The van der Waals surface area contributed by atoms with Crippen molar-refractivity contribution in [1.82, 2.24) is 0 Å². The normalized spacial score (nSPS) is 13.4. The molecular formula is C4H12B2F3NaO. The molecule has 1 saturated heterocycles. The molecule has 0 spiro atoms. The first kappa shape index (κ1) is 17.8. The second kappa shape index (κ2) is 13.5. The van der Waals surface area contributed by atoms with Crippen LogP contribution in [0.25, 0.3) is 0 Å². The van der Waals surface area contributed by atoms with Crippen LogP contribution in [0.15, 0.2) is 0 Å². The van der Waals surface area contributed by atoms with Gasteiger partial charge in [0.15, 0.2) is 0 Å². The van der Waals surface area contributed by atoms with Crippen LogP contribution < -0.4 is 29.6 Å². The SMILES string of the molecule is C1CCOC1.FB(F)F.[BH4-].[Na+]. The van der Waals surface area contributed by atoms with Crippen LogP contribution in [0, 0.1) is 0 Å². The van der Waals surface area contributed by atoms with Crippen molar-refractivity contribution in [3.8, 4) is 0 Å². The van der Waals surface area contributed by atoms with Crippen LogP contribution in [0.2, 0.25) is 0 Å². The first-order valence-corrected chi connectivity index (χ1v) is 2.73. The van der Waals surface area contributed by atoms with Gasteiger partial charge in [0.05, 0.1) is 0 Å². The molecule has 7 heteroatoms. The van der Waals surface area contributed by atoms with Gasteiger partial charge in [0.25, 0.3) is 0 Å². The van der Waals surface area contributed by atoms with Crippen LogP contribution in [-0.4, -0.2) is 29.2 Å². The molecule has 1 nitrogen and oxygen atoms in total. The van der Waals surface area contributed by atoms with Gasteiger partial charge in [-0.2, -0.15) is 0 Å².